The van der Waals surface area contributed by atoms with Gasteiger partial charge in [-0.25, -0.2) is 0 Å². The molecule has 0 aliphatic rings. The number of nitrogens with one attached hydrogen (secondary N) is 2. The number of hydrogen-bond donors (Lipinski definition) is 2. The third-order valence-electron chi connectivity index (χ3n) is 2.81. The van der Waals surface area contributed by atoms with Crippen molar-refractivity contribution in [2.75, 3.05) is 20.1 Å². The van der Waals surface area contributed by atoms with Crippen molar-refractivity contribution in [1.82, 2.24) is 10.6 Å². The van der Waals surface area contributed by atoms with Gasteiger partial charge in [-0.1, -0.05) is 19.1 Å². The summed E-state index contributed by atoms with van der Waals surface area (Å²) in [6.07, 6.45) is -4.51. The number of rotatable bonds is 7. The topological polar surface area (TPSA) is 50.4 Å². The molecular formula is C14H19F3N2O2. The lowest BCUT2D eigenvalue weighted by Crippen LogP contribution is -2.39. The summed E-state index contributed by atoms with van der Waals surface area (Å²) < 4.78 is 44.0. The molecule has 0 aliphatic carbocycles. The third-order valence-corrected chi connectivity index (χ3v) is 2.81. The summed E-state index contributed by atoms with van der Waals surface area (Å²) in [4.78, 5) is 11.3. The Morgan fingerprint density at radius 1 is 1.33 bits per heavy atom. The number of carbonyl (C=O) groups excluding carboxylic acids is 1. The minimum absolute atomic E-state index is 0.148. The van der Waals surface area contributed by atoms with Gasteiger partial charge in [-0.15, -0.1) is 0 Å². The van der Waals surface area contributed by atoms with Gasteiger partial charge in [-0.2, -0.15) is 13.2 Å². The van der Waals surface area contributed by atoms with Crippen molar-refractivity contribution in [2.24, 2.45) is 0 Å². The highest BCUT2D eigenvalue weighted by molar-refractivity contribution is 5.77. The predicted octanol–water partition coefficient (Wildman–Crippen LogP) is 2.20. The number of benzene rings is 1. The molecule has 21 heavy (non-hydrogen) atoms. The molecule has 0 fully saturated rings. The molecule has 1 rings (SSSR count). The van der Waals surface area contributed by atoms with E-state index in [9.17, 15) is 18.0 Å². The number of likely N-dealkylation sites (N-methyl/N-ethyl adjacent to an activating group) is 1. The van der Waals surface area contributed by atoms with E-state index in [0.717, 1.165) is 6.07 Å². The molecule has 0 saturated carbocycles. The highest BCUT2D eigenvalue weighted by Crippen LogP contribution is 2.36. The van der Waals surface area contributed by atoms with Crippen molar-refractivity contribution in [1.29, 1.82) is 0 Å². The van der Waals surface area contributed by atoms with Crippen molar-refractivity contribution in [3.63, 3.8) is 0 Å². The van der Waals surface area contributed by atoms with E-state index in [4.69, 9.17) is 4.74 Å². The van der Waals surface area contributed by atoms with Gasteiger partial charge in [-0.05, 0) is 25.6 Å². The van der Waals surface area contributed by atoms with E-state index in [1.54, 1.807) is 14.0 Å². The number of ether oxygens (including phenoxy) is 1. The van der Waals surface area contributed by atoms with E-state index >= 15 is 0 Å². The van der Waals surface area contributed by atoms with Gasteiger partial charge in [0.2, 0.25) is 5.91 Å². The number of alkyl halides is 3. The zero-order valence-electron chi connectivity index (χ0n) is 12.0. The number of para-hydroxylation sites is 1. The fourth-order valence-electron chi connectivity index (χ4n) is 1.70. The molecule has 0 spiro atoms. The summed E-state index contributed by atoms with van der Waals surface area (Å²) in [7, 11) is 1.63. The second kappa shape index (κ2) is 7.87. The average Bonchev–Trinajstić information content (AvgIpc) is 2.43. The molecule has 4 nitrogen and oxygen atoms in total. The molecule has 7 heteroatoms. The van der Waals surface area contributed by atoms with Crippen LogP contribution in [0.25, 0.3) is 0 Å². The molecule has 1 aromatic rings. The molecule has 0 heterocycles. The van der Waals surface area contributed by atoms with Gasteiger partial charge in [0.15, 0.2) is 0 Å². The van der Waals surface area contributed by atoms with Crippen LogP contribution in [0, 0.1) is 0 Å². The predicted molar refractivity (Wildman–Crippen MR) is 73.1 cm³/mol. The van der Waals surface area contributed by atoms with E-state index in [0.29, 0.717) is 6.42 Å². The molecule has 0 aliphatic heterocycles. The first kappa shape index (κ1) is 17.3. The second-order valence-electron chi connectivity index (χ2n) is 4.48. The van der Waals surface area contributed by atoms with Crippen molar-refractivity contribution in [2.45, 2.75) is 25.6 Å². The van der Waals surface area contributed by atoms with Crippen LogP contribution in [0.2, 0.25) is 0 Å². The fourth-order valence-corrected chi connectivity index (χ4v) is 1.70. The minimum Gasteiger partial charge on any atom is -0.488 e. The first-order chi connectivity index (χ1) is 9.88. The first-order valence-electron chi connectivity index (χ1n) is 6.62. The van der Waals surface area contributed by atoms with Crippen LogP contribution < -0.4 is 15.4 Å². The van der Waals surface area contributed by atoms with Gasteiger partial charge >= 0.3 is 6.18 Å². The Bertz CT molecular complexity index is 464. The van der Waals surface area contributed by atoms with Crippen LogP contribution in [0.3, 0.4) is 0 Å². The number of hydrogen-bond acceptors (Lipinski definition) is 3. The van der Waals surface area contributed by atoms with Crippen molar-refractivity contribution < 1.29 is 22.7 Å². The SMILES string of the molecule is CCC(CNC(=O)CNC)Oc1ccccc1C(F)(F)F. The molecule has 1 amide bonds. The maximum Gasteiger partial charge on any atom is 0.419 e. The summed E-state index contributed by atoms with van der Waals surface area (Å²) in [5.74, 6) is -0.455. The molecular weight excluding hydrogens is 285 g/mol. The van der Waals surface area contributed by atoms with Crippen molar-refractivity contribution >= 4 is 5.91 Å². The molecule has 0 aromatic heterocycles. The number of carbonyl (C=O) groups is 1. The van der Waals surface area contributed by atoms with Gasteiger partial charge in [0.05, 0.1) is 18.7 Å². The maximum absolute atomic E-state index is 12.9. The van der Waals surface area contributed by atoms with Gasteiger partial charge in [-0.3, -0.25) is 4.79 Å². The van der Waals surface area contributed by atoms with Crippen molar-refractivity contribution in [3.05, 3.63) is 29.8 Å². The fraction of sp³-hybridized carbons (Fsp3) is 0.500. The Hall–Kier alpha value is -1.76. The van der Waals surface area contributed by atoms with Crippen LogP contribution >= 0.6 is 0 Å². The second-order valence-corrected chi connectivity index (χ2v) is 4.48. The van der Waals surface area contributed by atoms with Crippen LogP contribution in [0.1, 0.15) is 18.9 Å². The summed E-state index contributed by atoms with van der Waals surface area (Å²) in [6, 6.07) is 5.05. The molecule has 1 atom stereocenters. The Morgan fingerprint density at radius 3 is 2.57 bits per heavy atom. The highest BCUT2D eigenvalue weighted by atomic mass is 19.4. The third kappa shape index (κ3) is 5.63. The molecule has 2 N–H and O–H groups in total. The summed E-state index contributed by atoms with van der Waals surface area (Å²) in [6.45, 7) is 2.09. The number of halogens is 3. The quantitative estimate of drug-likeness (QED) is 0.812. The lowest BCUT2D eigenvalue weighted by molar-refractivity contribution is -0.139. The molecule has 1 aromatic carbocycles. The van der Waals surface area contributed by atoms with Crippen LogP contribution in [-0.2, 0) is 11.0 Å². The Kier molecular flexibility index (Phi) is 6.48. The monoisotopic (exact) mass is 304 g/mol. The minimum atomic E-state index is -4.47. The van der Waals surface area contributed by atoms with Gasteiger partial charge in [0, 0.05) is 0 Å². The van der Waals surface area contributed by atoms with E-state index in [1.165, 1.54) is 18.2 Å². The molecule has 0 radical (unpaired) electrons. The van der Waals surface area contributed by atoms with Gasteiger partial charge < -0.3 is 15.4 Å². The van der Waals surface area contributed by atoms with Crippen LogP contribution in [0.4, 0.5) is 13.2 Å². The van der Waals surface area contributed by atoms with E-state index in [-0.39, 0.29) is 24.7 Å². The largest absolute Gasteiger partial charge is 0.488 e. The zero-order valence-corrected chi connectivity index (χ0v) is 12.0. The van der Waals surface area contributed by atoms with E-state index in [2.05, 4.69) is 10.6 Å². The lowest BCUT2D eigenvalue weighted by Gasteiger charge is -2.21. The summed E-state index contributed by atoms with van der Waals surface area (Å²) >= 11 is 0. The average molecular weight is 304 g/mol. The lowest BCUT2D eigenvalue weighted by atomic mass is 10.2. The summed E-state index contributed by atoms with van der Waals surface area (Å²) in [5.41, 5.74) is -0.815. The van der Waals surface area contributed by atoms with Gasteiger partial charge in [0.25, 0.3) is 0 Å². The summed E-state index contributed by atoms with van der Waals surface area (Å²) in [5, 5.41) is 5.29. The van der Waals surface area contributed by atoms with Crippen LogP contribution in [0.5, 0.6) is 5.75 Å². The van der Waals surface area contributed by atoms with Crippen LogP contribution in [0.15, 0.2) is 24.3 Å². The molecule has 0 bridgehead atoms. The zero-order chi connectivity index (χ0) is 15.9. The first-order valence-corrected chi connectivity index (χ1v) is 6.62. The number of amides is 1. The maximum atomic E-state index is 12.9. The Morgan fingerprint density at radius 2 is 2.00 bits per heavy atom. The van der Waals surface area contributed by atoms with Crippen molar-refractivity contribution in [3.8, 4) is 5.75 Å². The smallest absolute Gasteiger partial charge is 0.419 e. The Labute approximate surface area is 121 Å². The molecule has 118 valence electrons. The normalized spacial score (nSPS) is 12.8. The Balaban J connectivity index is 2.72. The molecule has 0 saturated heterocycles. The highest BCUT2D eigenvalue weighted by Gasteiger charge is 2.34. The molecule has 1 unspecified atom stereocenters. The van der Waals surface area contributed by atoms with Crippen LogP contribution in [-0.4, -0.2) is 32.1 Å². The standard InChI is InChI=1S/C14H19F3N2O2/c1-3-10(8-19-13(20)9-18-2)21-12-7-5-4-6-11(12)14(15,16)17/h4-7,10,18H,3,8-9H2,1-2H3,(H,19,20). The van der Waals surface area contributed by atoms with E-state index in [1.807, 2.05) is 0 Å². The van der Waals surface area contributed by atoms with E-state index < -0.39 is 17.8 Å². The van der Waals surface area contributed by atoms with Gasteiger partial charge in [0.1, 0.15) is 11.9 Å².